The summed E-state index contributed by atoms with van der Waals surface area (Å²) in [4.78, 5) is 134. The van der Waals surface area contributed by atoms with Crippen molar-refractivity contribution >= 4 is 96.0 Å². The number of allylic oxidation sites excluding steroid dienone is 1. The number of aldehydes is 4. The number of carbonyl (C=O) groups is 10. The first kappa shape index (κ1) is 46.4. The molecule has 30 nitrogen and oxygen atoms in total. The molecule has 0 radical (unpaired) electrons. The Labute approximate surface area is 343 Å². The molecule has 62 heavy (non-hydrogen) atoms. The van der Waals surface area contributed by atoms with Crippen LogP contribution in [0.5, 0.6) is 0 Å². The fourth-order valence-electron chi connectivity index (χ4n) is 6.57. The number of fused-ring (bicyclic) bond motifs is 1. The van der Waals surface area contributed by atoms with Crippen LogP contribution in [0.15, 0.2) is 36.7 Å². The zero-order valence-electron chi connectivity index (χ0n) is 30.7. The molecule has 10 atom stereocenters. The first-order chi connectivity index (χ1) is 29.6. The van der Waals surface area contributed by atoms with Gasteiger partial charge in [-0.05, 0) is 6.42 Å². The highest BCUT2D eigenvalue weighted by Gasteiger charge is 2.84. The Kier molecular flexibility index (Phi) is 13.6. The van der Waals surface area contributed by atoms with Crippen molar-refractivity contribution in [3.63, 3.8) is 0 Å². The number of nitrogens with zero attached hydrogens (tertiary/aromatic N) is 5. The molecular formula is C30H29N7O23P2. The van der Waals surface area contributed by atoms with E-state index in [-0.39, 0.29) is 42.6 Å². The van der Waals surface area contributed by atoms with E-state index in [1.165, 1.54) is 23.4 Å². The predicted octanol–water partition coefficient (Wildman–Crippen LogP) is -3.72. The summed E-state index contributed by atoms with van der Waals surface area (Å²) in [5.41, 5.74) is -4.20. The second-order valence-corrected chi connectivity index (χ2v) is 15.8. The fourth-order valence-corrected chi connectivity index (χ4v) is 9.25. The molecule has 5 rings (SSSR count). The van der Waals surface area contributed by atoms with Crippen LogP contribution in [0.1, 0.15) is 6.42 Å². The van der Waals surface area contributed by atoms with Gasteiger partial charge in [-0.15, -0.1) is 0 Å². The molecule has 3 aliphatic heterocycles. The molecule has 32 heteroatoms. The highest BCUT2D eigenvalue weighted by Crippen LogP contribution is 2.66. The molecule has 2 aromatic heterocycles. The Bertz CT molecular complexity index is 2310. The molecule has 1 amide bonds. The first-order valence-electron chi connectivity index (χ1n) is 16.6. The molecule has 0 bridgehead atoms. The third kappa shape index (κ3) is 7.64. The van der Waals surface area contributed by atoms with Crippen LogP contribution in [0.25, 0.3) is 11.2 Å². The number of amides is 1. The van der Waals surface area contributed by atoms with Crippen molar-refractivity contribution < 1.29 is 108 Å². The number of imidazole rings is 1. The lowest BCUT2D eigenvalue weighted by Crippen LogP contribution is -2.71. The smallest absolute Gasteiger partial charge is 0.458 e. The summed E-state index contributed by atoms with van der Waals surface area (Å²) in [6, 6.07) is 0. The maximum atomic E-state index is 13.9. The zero-order chi connectivity index (χ0) is 45.6. The van der Waals surface area contributed by atoms with Gasteiger partial charge in [-0.1, -0.05) is 6.08 Å². The van der Waals surface area contributed by atoms with Crippen LogP contribution in [0.4, 0.5) is 5.82 Å². The van der Waals surface area contributed by atoms with E-state index >= 15 is 0 Å². The number of aromatic nitrogens is 4. The van der Waals surface area contributed by atoms with Gasteiger partial charge < -0.3 is 54.2 Å². The standard InChI is InChI=1S/C30H29N7O23P2/c31-23-20-25(34-11-33-23)37(12-35-20)30(9-41)29(8-40,53-15-44)28(48,7-39)27(6-38,59-30)10-55-62(50,57-17-46)60-61(49,56-16-45)54-5-19-21(51-13-42)22(52-14-43)26(58-19)36-3-1-2-18(4-36)24(32)47/h1,3-4,6-9,11-17,19,21-22,26,48H,2,5,10H2,(H2,32,47)(H2,31,33,34)/t19-,21+,22-,26-,27-,28+,29-,30+,61-,62+/m1/s1. The topological polar surface area (TPSA) is 416 Å². The van der Waals surface area contributed by atoms with Crippen molar-refractivity contribution in [2.45, 2.75) is 53.5 Å². The summed E-state index contributed by atoms with van der Waals surface area (Å²) in [5.74, 6) is -1.19. The molecule has 2 saturated heterocycles. The number of ether oxygens (including phenoxy) is 5. The second kappa shape index (κ2) is 18.1. The molecule has 5 N–H and O–H groups in total. The number of nitrogen functional groups attached to an aromatic ring is 1. The van der Waals surface area contributed by atoms with Crippen molar-refractivity contribution in [1.82, 2.24) is 24.4 Å². The van der Waals surface area contributed by atoms with Crippen LogP contribution < -0.4 is 11.5 Å². The summed E-state index contributed by atoms with van der Waals surface area (Å²) in [7, 11) is -11.9. The van der Waals surface area contributed by atoms with Crippen molar-refractivity contribution in [1.29, 1.82) is 0 Å². The number of carbonyl (C=O) groups excluding carboxylic acids is 10. The molecule has 0 spiro atoms. The number of phosphoric ester groups is 2. The van der Waals surface area contributed by atoms with E-state index in [2.05, 4.69) is 24.0 Å². The number of primary amides is 1. The second-order valence-electron chi connectivity index (χ2n) is 12.4. The summed E-state index contributed by atoms with van der Waals surface area (Å²) >= 11 is 0. The zero-order valence-corrected chi connectivity index (χ0v) is 32.5. The molecule has 0 aliphatic carbocycles. The largest absolute Gasteiger partial charge is 0.541 e. The van der Waals surface area contributed by atoms with Gasteiger partial charge in [0.05, 0.1) is 13.2 Å². The van der Waals surface area contributed by atoms with E-state index in [0.29, 0.717) is 10.9 Å². The Morgan fingerprint density at radius 3 is 2.15 bits per heavy atom. The van der Waals surface area contributed by atoms with E-state index in [1.807, 2.05) is 0 Å². The molecule has 2 fully saturated rings. The van der Waals surface area contributed by atoms with Crippen molar-refractivity contribution in [3.8, 4) is 0 Å². The maximum Gasteiger partial charge on any atom is 0.541 e. The minimum atomic E-state index is -6.05. The van der Waals surface area contributed by atoms with Crippen molar-refractivity contribution in [2.75, 3.05) is 18.9 Å². The summed E-state index contributed by atoms with van der Waals surface area (Å²) in [5, 5.41) is 11.9. The molecule has 332 valence electrons. The minimum absolute atomic E-state index is 0.0441. The lowest BCUT2D eigenvalue weighted by atomic mass is 9.71. The molecule has 0 aromatic carbocycles. The van der Waals surface area contributed by atoms with E-state index in [4.69, 9.17) is 48.5 Å². The van der Waals surface area contributed by atoms with Gasteiger partial charge in [-0.25, -0.2) is 24.1 Å². The molecule has 3 aliphatic rings. The number of hydrogen-bond donors (Lipinski definition) is 3. The van der Waals surface area contributed by atoms with Crippen LogP contribution in [0.2, 0.25) is 0 Å². The number of aliphatic hydroxyl groups is 1. The van der Waals surface area contributed by atoms with Gasteiger partial charge in [0.25, 0.3) is 30.7 Å². The number of hydrogen-bond acceptors (Lipinski definition) is 28. The van der Waals surface area contributed by atoms with Crippen LogP contribution >= 0.6 is 15.6 Å². The van der Waals surface area contributed by atoms with Crippen molar-refractivity contribution in [2.24, 2.45) is 5.73 Å². The molecule has 5 heterocycles. The number of phosphoric acid groups is 2. The van der Waals surface area contributed by atoms with Crippen LogP contribution in [-0.2, 0) is 109 Å². The Balaban J connectivity index is 1.49. The van der Waals surface area contributed by atoms with Gasteiger partial charge in [0.1, 0.15) is 24.3 Å². The molecule has 0 unspecified atom stereocenters. The van der Waals surface area contributed by atoms with E-state index in [9.17, 15) is 62.2 Å². The Morgan fingerprint density at radius 1 is 0.887 bits per heavy atom. The van der Waals surface area contributed by atoms with Crippen LogP contribution in [0.3, 0.4) is 0 Å². The van der Waals surface area contributed by atoms with Gasteiger partial charge in [0, 0.05) is 18.0 Å². The first-order valence-corrected chi connectivity index (χ1v) is 19.5. The maximum absolute atomic E-state index is 13.9. The van der Waals surface area contributed by atoms with Gasteiger partial charge in [-0.3, -0.25) is 61.6 Å². The fraction of sp³-hybridized carbons (Fsp3) is 0.367. The molecule has 2 aromatic rings. The highest BCUT2D eigenvalue weighted by molar-refractivity contribution is 7.62. The minimum Gasteiger partial charge on any atom is -0.458 e. The summed E-state index contributed by atoms with van der Waals surface area (Å²) in [6.45, 7) is -5.15. The average Bonchev–Trinajstić information content (AvgIpc) is 3.90. The Morgan fingerprint density at radius 2 is 1.56 bits per heavy atom. The van der Waals surface area contributed by atoms with Crippen LogP contribution in [-0.4, -0.2) is 147 Å². The van der Waals surface area contributed by atoms with E-state index in [0.717, 1.165) is 6.33 Å². The van der Waals surface area contributed by atoms with Gasteiger partial charge >= 0.3 is 28.6 Å². The number of anilines is 1. The number of nitrogens with two attached hydrogens (primary N) is 2. The van der Waals surface area contributed by atoms with E-state index < -0.39 is 126 Å². The van der Waals surface area contributed by atoms with Crippen molar-refractivity contribution in [3.05, 3.63) is 36.7 Å². The predicted molar refractivity (Wildman–Crippen MR) is 187 cm³/mol. The molecule has 0 saturated carbocycles. The lowest BCUT2D eigenvalue weighted by molar-refractivity contribution is -0.205. The monoisotopic (exact) mass is 917 g/mol. The summed E-state index contributed by atoms with van der Waals surface area (Å²) < 4.78 is 77.9. The SMILES string of the molecule is NC(=O)C1=CN([C@@H]2O[C@H](CO[P@](=O)(OC=O)O[P@](=O)(OC=O)OC[C@@]3(C=O)O[C@](C=O)(n4cnc5c(N)ncnc54)[C@](C=O)(OC=O)[C@]3(O)C=O)[C@H](OC=O)[C@H]2OC=O)C=CC1. The van der Waals surface area contributed by atoms with Gasteiger partial charge in [-0.2, -0.15) is 4.31 Å². The molecular weight excluding hydrogens is 888 g/mol. The van der Waals surface area contributed by atoms with Crippen LogP contribution in [0, 0.1) is 0 Å². The normalized spacial score (nSPS) is 30.9. The quantitative estimate of drug-likeness (QED) is 0.0490. The average molecular weight is 918 g/mol. The highest BCUT2D eigenvalue weighted by atomic mass is 31.3. The van der Waals surface area contributed by atoms with Gasteiger partial charge in [0.15, 0.2) is 60.6 Å². The lowest BCUT2D eigenvalue weighted by Gasteiger charge is -2.40. The Hall–Kier alpha value is -6.65. The number of rotatable bonds is 25. The van der Waals surface area contributed by atoms with Gasteiger partial charge in [0.2, 0.25) is 11.5 Å². The summed E-state index contributed by atoms with van der Waals surface area (Å²) in [6.07, 6.45) is -2.76. The third-order valence-corrected chi connectivity index (χ3v) is 12.5. The third-order valence-electron chi connectivity index (χ3n) is 9.34. The van der Waals surface area contributed by atoms with E-state index in [1.54, 1.807) is 0 Å².